The third-order valence-corrected chi connectivity index (χ3v) is 3.81. The van der Waals surface area contributed by atoms with E-state index in [9.17, 15) is 13.6 Å². The van der Waals surface area contributed by atoms with Crippen LogP contribution in [0.25, 0.3) is 0 Å². The molecule has 1 atom stereocenters. The van der Waals surface area contributed by atoms with Crippen molar-refractivity contribution in [3.63, 3.8) is 0 Å². The lowest BCUT2D eigenvalue weighted by Crippen LogP contribution is -2.25. The van der Waals surface area contributed by atoms with Crippen LogP contribution >= 0.6 is 0 Å². The van der Waals surface area contributed by atoms with Crippen LogP contribution < -0.4 is 11.1 Å². The summed E-state index contributed by atoms with van der Waals surface area (Å²) in [7, 11) is 0. The van der Waals surface area contributed by atoms with Crippen molar-refractivity contribution < 1.29 is 13.6 Å². The van der Waals surface area contributed by atoms with E-state index in [1.165, 1.54) is 12.8 Å². The highest BCUT2D eigenvalue weighted by atomic mass is 19.1. The van der Waals surface area contributed by atoms with E-state index >= 15 is 0 Å². The molecule has 0 radical (unpaired) electrons. The van der Waals surface area contributed by atoms with Crippen molar-refractivity contribution in [2.24, 2.45) is 11.7 Å². The van der Waals surface area contributed by atoms with Gasteiger partial charge in [0, 0.05) is 12.1 Å². The molecule has 0 saturated heterocycles. The van der Waals surface area contributed by atoms with Gasteiger partial charge in [-0.2, -0.15) is 0 Å². The molecule has 1 aliphatic carbocycles. The Morgan fingerprint density at radius 1 is 1.32 bits per heavy atom. The molecule has 0 aliphatic heterocycles. The minimum absolute atomic E-state index is 0.0863. The number of carbonyl (C=O) groups is 1. The van der Waals surface area contributed by atoms with E-state index in [1.807, 2.05) is 6.92 Å². The molecule has 1 aromatic carbocycles. The maximum absolute atomic E-state index is 13.7. The van der Waals surface area contributed by atoms with Crippen LogP contribution in [0, 0.1) is 17.6 Å². The van der Waals surface area contributed by atoms with Gasteiger partial charge in [-0.15, -0.1) is 0 Å². The van der Waals surface area contributed by atoms with Crippen molar-refractivity contribution in [2.45, 2.75) is 38.6 Å². The fourth-order valence-electron chi connectivity index (χ4n) is 2.67. The van der Waals surface area contributed by atoms with Crippen LogP contribution in [0.4, 0.5) is 14.5 Å². The van der Waals surface area contributed by atoms with Gasteiger partial charge in [-0.25, -0.2) is 8.78 Å². The molecule has 2 rings (SSSR count). The fraction of sp³-hybridized carbons (Fsp3) is 0.500. The maximum atomic E-state index is 13.7. The van der Waals surface area contributed by atoms with E-state index in [-0.39, 0.29) is 17.3 Å². The standard InChI is InChI=1S/C14H18F2N2O/c1-8(9-4-2-3-5-9)18-13-6-10(14(17)19)11(15)7-12(13)16/h6-9,18H,2-5H2,1H3,(H2,17,19). The molecule has 0 spiro atoms. The van der Waals surface area contributed by atoms with E-state index in [1.54, 1.807) is 0 Å². The number of primary amides is 1. The first-order valence-corrected chi connectivity index (χ1v) is 6.54. The summed E-state index contributed by atoms with van der Waals surface area (Å²) >= 11 is 0. The van der Waals surface area contributed by atoms with Crippen LogP contribution in [0.15, 0.2) is 12.1 Å². The van der Waals surface area contributed by atoms with Crippen molar-refractivity contribution in [3.05, 3.63) is 29.3 Å². The number of hydrogen-bond donors (Lipinski definition) is 2. The number of amides is 1. The molecular formula is C14H18F2N2O. The Balaban J connectivity index is 2.19. The molecule has 1 saturated carbocycles. The van der Waals surface area contributed by atoms with E-state index in [2.05, 4.69) is 5.32 Å². The van der Waals surface area contributed by atoms with Crippen molar-refractivity contribution >= 4 is 11.6 Å². The van der Waals surface area contributed by atoms with Gasteiger partial charge in [-0.1, -0.05) is 12.8 Å². The van der Waals surface area contributed by atoms with Crippen LogP contribution in [0.3, 0.4) is 0 Å². The highest BCUT2D eigenvalue weighted by Gasteiger charge is 2.23. The summed E-state index contributed by atoms with van der Waals surface area (Å²) in [5.41, 5.74) is 4.90. The molecule has 104 valence electrons. The third kappa shape index (κ3) is 3.03. The summed E-state index contributed by atoms with van der Waals surface area (Å²) in [6.45, 7) is 1.97. The zero-order valence-electron chi connectivity index (χ0n) is 10.9. The first-order valence-electron chi connectivity index (χ1n) is 6.54. The van der Waals surface area contributed by atoms with Crippen molar-refractivity contribution in [1.29, 1.82) is 0 Å². The number of nitrogens with one attached hydrogen (secondary N) is 1. The normalized spacial score (nSPS) is 17.4. The van der Waals surface area contributed by atoms with Gasteiger partial charge in [0.05, 0.1) is 11.3 Å². The summed E-state index contributed by atoms with van der Waals surface area (Å²) < 4.78 is 27.0. The molecule has 1 aromatic rings. The second-order valence-corrected chi connectivity index (χ2v) is 5.15. The topological polar surface area (TPSA) is 55.1 Å². The van der Waals surface area contributed by atoms with Crippen LogP contribution in [-0.4, -0.2) is 11.9 Å². The molecule has 3 N–H and O–H groups in total. The first kappa shape index (κ1) is 13.8. The van der Waals surface area contributed by atoms with Gasteiger partial charge in [0.1, 0.15) is 11.6 Å². The Morgan fingerprint density at radius 2 is 1.95 bits per heavy atom. The Bertz CT molecular complexity index is 485. The zero-order chi connectivity index (χ0) is 14.0. The Labute approximate surface area is 111 Å². The average molecular weight is 268 g/mol. The molecule has 1 unspecified atom stereocenters. The van der Waals surface area contributed by atoms with E-state index in [0.717, 1.165) is 18.9 Å². The number of anilines is 1. The Kier molecular flexibility index (Phi) is 4.02. The Hall–Kier alpha value is -1.65. The molecule has 1 aliphatic rings. The van der Waals surface area contributed by atoms with Crippen LogP contribution in [0.1, 0.15) is 43.0 Å². The molecule has 1 amide bonds. The van der Waals surface area contributed by atoms with Gasteiger partial charge in [0.25, 0.3) is 5.91 Å². The summed E-state index contributed by atoms with van der Waals surface area (Å²) in [4.78, 5) is 11.1. The predicted octanol–water partition coefficient (Wildman–Crippen LogP) is 3.05. The van der Waals surface area contributed by atoms with Gasteiger partial charge in [0.15, 0.2) is 0 Å². The smallest absolute Gasteiger partial charge is 0.251 e. The average Bonchev–Trinajstić information content (AvgIpc) is 2.85. The lowest BCUT2D eigenvalue weighted by atomic mass is 9.99. The van der Waals surface area contributed by atoms with E-state index in [4.69, 9.17) is 5.73 Å². The second-order valence-electron chi connectivity index (χ2n) is 5.15. The van der Waals surface area contributed by atoms with E-state index in [0.29, 0.717) is 12.0 Å². The quantitative estimate of drug-likeness (QED) is 0.881. The molecule has 0 aromatic heterocycles. The summed E-state index contributed by atoms with van der Waals surface area (Å²) in [6, 6.07) is 1.94. The Morgan fingerprint density at radius 3 is 2.53 bits per heavy atom. The van der Waals surface area contributed by atoms with Gasteiger partial charge >= 0.3 is 0 Å². The van der Waals surface area contributed by atoms with Crippen LogP contribution in [0.5, 0.6) is 0 Å². The molecule has 5 heteroatoms. The number of nitrogens with two attached hydrogens (primary N) is 1. The minimum atomic E-state index is -0.927. The first-order chi connectivity index (χ1) is 8.99. The van der Waals surface area contributed by atoms with Gasteiger partial charge in [-0.3, -0.25) is 4.79 Å². The molecule has 1 fully saturated rings. The predicted molar refractivity (Wildman–Crippen MR) is 69.9 cm³/mol. The highest BCUT2D eigenvalue weighted by Crippen LogP contribution is 2.30. The molecule has 19 heavy (non-hydrogen) atoms. The van der Waals surface area contributed by atoms with E-state index < -0.39 is 17.5 Å². The lowest BCUT2D eigenvalue weighted by Gasteiger charge is -2.22. The largest absolute Gasteiger partial charge is 0.380 e. The third-order valence-electron chi connectivity index (χ3n) is 3.81. The number of hydrogen-bond acceptors (Lipinski definition) is 2. The van der Waals surface area contributed by atoms with Gasteiger partial charge < -0.3 is 11.1 Å². The number of halogens is 2. The zero-order valence-corrected chi connectivity index (χ0v) is 10.9. The molecule has 3 nitrogen and oxygen atoms in total. The monoisotopic (exact) mass is 268 g/mol. The summed E-state index contributed by atoms with van der Waals surface area (Å²) in [5.74, 6) is -2.04. The number of rotatable bonds is 4. The summed E-state index contributed by atoms with van der Waals surface area (Å²) in [5, 5.41) is 3.03. The molecule has 0 heterocycles. The van der Waals surface area contributed by atoms with Crippen molar-refractivity contribution in [2.75, 3.05) is 5.32 Å². The number of benzene rings is 1. The van der Waals surface area contributed by atoms with Gasteiger partial charge in [0.2, 0.25) is 0 Å². The summed E-state index contributed by atoms with van der Waals surface area (Å²) in [6.07, 6.45) is 4.60. The van der Waals surface area contributed by atoms with Crippen molar-refractivity contribution in [3.8, 4) is 0 Å². The van der Waals surface area contributed by atoms with Crippen LogP contribution in [-0.2, 0) is 0 Å². The molecular weight excluding hydrogens is 250 g/mol. The second kappa shape index (κ2) is 5.55. The van der Waals surface area contributed by atoms with Crippen LogP contribution in [0.2, 0.25) is 0 Å². The number of carbonyl (C=O) groups excluding carboxylic acids is 1. The van der Waals surface area contributed by atoms with Crippen molar-refractivity contribution in [1.82, 2.24) is 0 Å². The van der Waals surface area contributed by atoms with Gasteiger partial charge in [-0.05, 0) is 31.7 Å². The SMILES string of the molecule is CC(Nc1cc(C(N)=O)c(F)cc1F)C1CCCC1. The fourth-order valence-corrected chi connectivity index (χ4v) is 2.67. The lowest BCUT2D eigenvalue weighted by molar-refractivity contribution is 0.0996. The minimum Gasteiger partial charge on any atom is -0.380 e. The highest BCUT2D eigenvalue weighted by molar-refractivity contribution is 5.94. The molecule has 0 bridgehead atoms. The maximum Gasteiger partial charge on any atom is 0.251 e.